The van der Waals surface area contributed by atoms with E-state index >= 15 is 0 Å². The van der Waals surface area contributed by atoms with Crippen LogP contribution in [0.1, 0.15) is 40.2 Å². The fourth-order valence-electron chi connectivity index (χ4n) is 3.00. The van der Waals surface area contributed by atoms with Crippen LogP contribution in [0.4, 0.5) is 10.6 Å². The maximum Gasteiger partial charge on any atom is 0.413 e. The van der Waals surface area contributed by atoms with Crippen molar-refractivity contribution in [3.05, 3.63) is 41.3 Å². The molecule has 0 atom stereocenters. The van der Waals surface area contributed by atoms with Gasteiger partial charge in [0.2, 0.25) is 0 Å². The Morgan fingerprint density at radius 1 is 1.29 bits per heavy atom. The number of benzene rings is 1. The minimum Gasteiger partial charge on any atom is -0.495 e. The second-order valence-electron chi connectivity index (χ2n) is 7.82. The number of nitrogens with two attached hydrogens (primary N) is 2. The maximum atomic E-state index is 12.4. The van der Waals surface area contributed by atoms with E-state index in [1.165, 1.54) is 13.3 Å². The van der Waals surface area contributed by atoms with Crippen LogP contribution in [0.15, 0.2) is 35.7 Å². The number of para-hydroxylation sites is 1. The largest absolute Gasteiger partial charge is 0.495 e. The van der Waals surface area contributed by atoms with Gasteiger partial charge in [0.25, 0.3) is 0 Å². The number of anilines is 1. The summed E-state index contributed by atoms with van der Waals surface area (Å²) >= 11 is 6.13. The Bertz CT molecular complexity index is 1180. The average Bonchev–Trinajstić information content (AvgIpc) is 3.09. The first-order chi connectivity index (χ1) is 16.0. The lowest BCUT2D eigenvalue weighted by Gasteiger charge is -2.19. The molecule has 2 aromatic heterocycles. The second kappa shape index (κ2) is 11.0. The number of hydrazine groups is 1. The summed E-state index contributed by atoms with van der Waals surface area (Å²) in [6, 6.07) is 5.31. The number of hydrogen-bond donors (Lipinski definition) is 3. The van der Waals surface area contributed by atoms with E-state index in [-0.39, 0.29) is 16.8 Å². The van der Waals surface area contributed by atoms with Gasteiger partial charge in [0, 0.05) is 13.2 Å². The van der Waals surface area contributed by atoms with Crippen molar-refractivity contribution in [2.24, 2.45) is 16.7 Å². The summed E-state index contributed by atoms with van der Waals surface area (Å²) in [5.74, 6) is 6.84. The van der Waals surface area contributed by atoms with Crippen molar-refractivity contribution in [3.8, 4) is 17.1 Å². The third-order valence-corrected chi connectivity index (χ3v) is 4.31. The number of rotatable bonds is 5. The number of nitrogens with zero attached hydrogens (tertiary/aromatic N) is 5. The normalized spacial score (nSPS) is 11.5. The molecule has 0 aliphatic heterocycles. The number of ether oxygens (including phenoxy) is 2. The molecule has 0 spiro atoms. The predicted molar refractivity (Wildman–Crippen MR) is 134 cm³/mol. The molecule has 3 aromatic rings. The summed E-state index contributed by atoms with van der Waals surface area (Å²) in [6.45, 7) is 9.31. The Balaban J connectivity index is 0.00000199. The molecule has 0 fully saturated rings. The minimum atomic E-state index is -0.672. The third kappa shape index (κ3) is 6.27. The molecule has 0 saturated heterocycles. The molecule has 0 unspecified atom stereocenters. The number of amidine groups is 1. The number of carbonyl (C=O) groups excluding carboxylic acids is 1. The number of amides is 1. The molecule has 1 amide bonds. The standard InChI is InChI=1S/C20H25ClN8O3.C2H6/c1-20(2,3)32-19(30)26-17-13-9-24-14(21)10-29(13)18(25-17)12-8-6-7-11(15(12)31-5)16(22)27-28(4)23;1-2/h6-10H,23H2,1-5H3,(H2,22,27)(H,26,30);1-2H3. The molecule has 0 bridgehead atoms. The molecule has 11 nitrogen and oxygen atoms in total. The number of carbonyl (C=O) groups is 1. The van der Waals surface area contributed by atoms with E-state index in [0.717, 1.165) is 5.12 Å². The first-order valence-electron chi connectivity index (χ1n) is 10.5. The van der Waals surface area contributed by atoms with Gasteiger partial charge in [-0.3, -0.25) is 9.72 Å². The Labute approximate surface area is 203 Å². The van der Waals surface area contributed by atoms with Crippen molar-refractivity contribution in [3.63, 3.8) is 0 Å². The molecule has 0 aliphatic rings. The van der Waals surface area contributed by atoms with Gasteiger partial charge in [-0.25, -0.2) is 25.7 Å². The molecule has 3 rings (SSSR count). The molecule has 5 N–H and O–H groups in total. The van der Waals surface area contributed by atoms with Crippen molar-refractivity contribution < 1.29 is 14.3 Å². The smallest absolute Gasteiger partial charge is 0.413 e. The Morgan fingerprint density at radius 3 is 2.56 bits per heavy atom. The average molecular weight is 491 g/mol. The molecule has 0 radical (unpaired) electrons. The van der Waals surface area contributed by atoms with E-state index in [9.17, 15) is 4.79 Å². The molecular formula is C22H31ClN8O3. The Kier molecular flexibility index (Phi) is 8.66. The van der Waals surface area contributed by atoms with Crippen LogP contribution in [0.5, 0.6) is 5.75 Å². The van der Waals surface area contributed by atoms with Gasteiger partial charge in [0.05, 0.1) is 24.4 Å². The van der Waals surface area contributed by atoms with Gasteiger partial charge in [0.1, 0.15) is 22.0 Å². The van der Waals surface area contributed by atoms with Crippen LogP contribution in [0.3, 0.4) is 0 Å². The number of fused-ring (bicyclic) bond motifs is 1. The zero-order chi connectivity index (χ0) is 25.6. The number of nitrogens with one attached hydrogen (secondary N) is 1. The summed E-state index contributed by atoms with van der Waals surface area (Å²) in [6.07, 6.45) is 2.43. The van der Waals surface area contributed by atoms with Gasteiger partial charge in [-0.1, -0.05) is 31.5 Å². The van der Waals surface area contributed by atoms with Crippen LogP contribution >= 0.6 is 11.6 Å². The van der Waals surface area contributed by atoms with Crippen LogP contribution in [0.25, 0.3) is 16.9 Å². The highest BCUT2D eigenvalue weighted by molar-refractivity contribution is 6.29. The van der Waals surface area contributed by atoms with E-state index in [2.05, 4.69) is 20.4 Å². The molecule has 0 aliphatic carbocycles. The highest BCUT2D eigenvalue weighted by Gasteiger charge is 2.23. The van der Waals surface area contributed by atoms with E-state index < -0.39 is 11.7 Å². The first-order valence-corrected chi connectivity index (χ1v) is 10.9. The van der Waals surface area contributed by atoms with Crippen LogP contribution in [0.2, 0.25) is 5.15 Å². The SMILES string of the molecule is CC.COc1c(/C(N)=N/N(C)N)cccc1-c1nc(NC(=O)OC(C)(C)C)c2cnc(Cl)cn12. The molecular weight excluding hydrogens is 460 g/mol. The lowest BCUT2D eigenvalue weighted by atomic mass is 10.1. The van der Waals surface area contributed by atoms with Crippen LogP contribution in [0, 0.1) is 0 Å². The maximum absolute atomic E-state index is 12.4. The van der Waals surface area contributed by atoms with Gasteiger partial charge in [0.15, 0.2) is 17.5 Å². The zero-order valence-electron chi connectivity index (χ0n) is 20.4. The van der Waals surface area contributed by atoms with E-state index in [0.29, 0.717) is 28.2 Å². The highest BCUT2D eigenvalue weighted by Crippen LogP contribution is 2.35. The van der Waals surface area contributed by atoms with Gasteiger partial charge >= 0.3 is 6.09 Å². The lowest BCUT2D eigenvalue weighted by Crippen LogP contribution is -2.27. The van der Waals surface area contributed by atoms with Crippen molar-refractivity contribution in [2.75, 3.05) is 19.5 Å². The molecule has 0 saturated carbocycles. The third-order valence-electron chi connectivity index (χ3n) is 4.11. The number of aromatic nitrogens is 3. The van der Waals surface area contributed by atoms with E-state index in [1.807, 2.05) is 13.8 Å². The highest BCUT2D eigenvalue weighted by atomic mass is 35.5. The molecule has 1 aromatic carbocycles. The topological polar surface area (TPSA) is 145 Å². The molecule has 12 heteroatoms. The predicted octanol–water partition coefficient (Wildman–Crippen LogP) is 3.86. The number of methoxy groups -OCH3 is 1. The summed E-state index contributed by atoms with van der Waals surface area (Å²) in [7, 11) is 3.06. The Morgan fingerprint density at radius 2 is 1.97 bits per heavy atom. The first kappa shape index (κ1) is 26.7. The number of imidazole rings is 1. The van der Waals surface area contributed by atoms with Crippen LogP contribution < -0.4 is 21.6 Å². The number of hydrazone groups is 1. The quantitative estimate of drug-likeness (QED) is 0.211. The molecule has 184 valence electrons. The van der Waals surface area contributed by atoms with Gasteiger partial charge in [-0.2, -0.15) is 0 Å². The van der Waals surface area contributed by atoms with E-state index in [4.69, 9.17) is 32.7 Å². The van der Waals surface area contributed by atoms with Crippen LogP contribution in [-0.2, 0) is 4.74 Å². The van der Waals surface area contributed by atoms with Crippen LogP contribution in [-0.4, -0.2) is 51.2 Å². The fourth-order valence-corrected chi connectivity index (χ4v) is 3.15. The number of halogens is 1. The second-order valence-corrected chi connectivity index (χ2v) is 8.21. The Hall–Kier alpha value is -3.57. The zero-order valence-corrected chi connectivity index (χ0v) is 21.1. The van der Waals surface area contributed by atoms with E-state index in [1.54, 1.807) is 56.6 Å². The summed E-state index contributed by atoms with van der Waals surface area (Å²) < 4.78 is 12.7. The van der Waals surface area contributed by atoms with Crippen molar-refractivity contribution in [1.29, 1.82) is 0 Å². The van der Waals surface area contributed by atoms with Crippen molar-refractivity contribution >= 4 is 34.9 Å². The van der Waals surface area contributed by atoms with Gasteiger partial charge in [-0.05, 0) is 32.9 Å². The van der Waals surface area contributed by atoms with Gasteiger partial charge in [-0.15, -0.1) is 5.10 Å². The molecule has 34 heavy (non-hydrogen) atoms. The summed E-state index contributed by atoms with van der Waals surface area (Å²) in [4.78, 5) is 21.0. The van der Waals surface area contributed by atoms with Gasteiger partial charge < -0.3 is 15.2 Å². The fraction of sp³-hybridized carbons (Fsp3) is 0.364. The summed E-state index contributed by atoms with van der Waals surface area (Å²) in [5.41, 5.74) is 7.03. The summed E-state index contributed by atoms with van der Waals surface area (Å²) in [5, 5.41) is 8.04. The molecule has 2 heterocycles. The van der Waals surface area contributed by atoms with Crippen molar-refractivity contribution in [1.82, 2.24) is 19.5 Å². The minimum absolute atomic E-state index is 0.154. The number of hydrogen-bond acceptors (Lipinski definition) is 8. The monoisotopic (exact) mass is 490 g/mol. The van der Waals surface area contributed by atoms with Crippen molar-refractivity contribution in [2.45, 2.75) is 40.2 Å². The lowest BCUT2D eigenvalue weighted by molar-refractivity contribution is 0.0635.